The molecule has 0 atom stereocenters. The zero-order valence-corrected chi connectivity index (χ0v) is 17.1. The van der Waals surface area contributed by atoms with Crippen molar-refractivity contribution in [1.82, 2.24) is 7.96 Å². The number of fused-ring (bicyclic) bond motifs is 1. The molecule has 0 aliphatic rings. The van der Waals surface area contributed by atoms with Gasteiger partial charge in [-0.1, -0.05) is 0 Å². The summed E-state index contributed by atoms with van der Waals surface area (Å²) >= 11 is -0.0530. The average molecular weight is 415 g/mol. The molecule has 0 aliphatic carbocycles. The molecule has 132 valence electrons. The van der Waals surface area contributed by atoms with Crippen molar-refractivity contribution in [2.24, 2.45) is 0 Å². The van der Waals surface area contributed by atoms with Crippen molar-refractivity contribution in [2.45, 2.75) is 13.8 Å². The number of hydrogen-bond acceptors (Lipinski definition) is 2. The molecule has 4 rings (SSSR count). The Morgan fingerprint density at radius 2 is 0.963 bits per heavy atom. The molecule has 0 fully saturated rings. The molecular weight excluding hydrogens is 395 g/mol. The van der Waals surface area contributed by atoms with Crippen molar-refractivity contribution >= 4 is 50.3 Å². The van der Waals surface area contributed by atoms with E-state index in [2.05, 4.69) is 107 Å². The molecule has 4 aromatic rings. The summed E-state index contributed by atoms with van der Waals surface area (Å²) in [5.74, 6) is 0. The Morgan fingerprint density at radius 3 is 1.37 bits per heavy atom. The van der Waals surface area contributed by atoms with Gasteiger partial charge < -0.3 is 0 Å². The van der Waals surface area contributed by atoms with Crippen LogP contribution >= 0.6 is 0 Å². The Morgan fingerprint density at radius 1 is 0.556 bits per heavy atom. The predicted molar refractivity (Wildman–Crippen MR) is 117 cm³/mol. The third kappa shape index (κ3) is 4.16. The monoisotopic (exact) mass is 416 g/mol. The molecule has 3 aromatic carbocycles. The first-order valence-corrected chi connectivity index (χ1v) is 10.5. The molecule has 0 unspecified atom stereocenters. The molecule has 0 spiro atoms. The van der Waals surface area contributed by atoms with Gasteiger partial charge in [-0.05, 0) is 0 Å². The van der Waals surface area contributed by atoms with Gasteiger partial charge in [0.05, 0.1) is 0 Å². The van der Waals surface area contributed by atoms with Gasteiger partial charge in [0.15, 0.2) is 0 Å². The van der Waals surface area contributed by atoms with Crippen LogP contribution in [-0.4, -0.2) is 22.9 Å². The maximum atomic E-state index is 4.66. The van der Waals surface area contributed by atoms with Crippen molar-refractivity contribution in [3.8, 4) is 0 Å². The zero-order valence-electron chi connectivity index (χ0n) is 15.4. The summed E-state index contributed by atoms with van der Waals surface area (Å²) in [5, 5.41) is 0. The van der Waals surface area contributed by atoms with Crippen LogP contribution in [0.4, 0.5) is 0 Å². The SMILES string of the molecule is Cc1ccc(/C=C/c2ccc(/C=C/c3ccc(C)cc3)c3n[se]nc23)cc1. The number of aryl methyl sites for hydroxylation is 2. The van der Waals surface area contributed by atoms with Crippen LogP contribution in [0.5, 0.6) is 0 Å². The molecule has 0 N–H and O–H groups in total. The number of aromatic nitrogens is 2. The van der Waals surface area contributed by atoms with Crippen LogP contribution in [0.15, 0.2) is 60.7 Å². The van der Waals surface area contributed by atoms with Gasteiger partial charge in [-0.25, -0.2) is 0 Å². The van der Waals surface area contributed by atoms with Gasteiger partial charge >= 0.3 is 166 Å². The number of rotatable bonds is 4. The molecule has 0 saturated carbocycles. The molecule has 0 saturated heterocycles. The van der Waals surface area contributed by atoms with Gasteiger partial charge in [0, 0.05) is 0 Å². The normalized spacial score (nSPS) is 11.8. The number of benzene rings is 3. The molecule has 0 radical (unpaired) electrons. The van der Waals surface area contributed by atoms with Crippen LogP contribution in [0, 0.1) is 13.8 Å². The fraction of sp³-hybridized carbons (Fsp3) is 0.0833. The second kappa shape index (κ2) is 7.87. The summed E-state index contributed by atoms with van der Waals surface area (Å²) in [5.41, 5.74) is 9.22. The Hall–Kier alpha value is -2.74. The van der Waals surface area contributed by atoms with Gasteiger partial charge in [0.25, 0.3) is 0 Å². The third-order valence-corrected chi connectivity index (χ3v) is 5.65. The van der Waals surface area contributed by atoms with Crippen LogP contribution in [0.25, 0.3) is 35.3 Å². The Labute approximate surface area is 166 Å². The van der Waals surface area contributed by atoms with Crippen molar-refractivity contribution in [3.63, 3.8) is 0 Å². The number of hydrogen-bond donors (Lipinski definition) is 0. The number of nitrogens with zero attached hydrogens (tertiary/aromatic N) is 2. The summed E-state index contributed by atoms with van der Waals surface area (Å²) in [7, 11) is 0. The topological polar surface area (TPSA) is 25.8 Å². The van der Waals surface area contributed by atoms with E-state index in [0.29, 0.717) is 0 Å². The Kier molecular flexibility index (Phi) is 5.15. The molecule has 0 amide bonds. The quantitative estimate of drug-likeness (QED) is 0.318. The van der Waals surface area contributed by atoms with E-state index in [9.17, 15) is 0 Å². The Bertz CT molecular complexity index is 1030. The predicted octanol–water partition coefficient (Wildman–Crippen LogP) is 5.64. The molecule has 3 heteroatoms. The molecule has 0 bridgehead atoms. The Balaban J connectivity index is 1.64. The summed E-state index contributed by atoms with van der Waals surface area (Å²) < 4.78 is 9.33. The fourth-order valence-electron chi connectivity index (χ4n) is 2.90. The first-order valence-electron chi connectivity index (χ1n) is 8.94. The minimum atomic E-state index is -0.0530. The molecule has 27 heavy (non-hydrogen) atoms. The first-order chi connectivity index (χ1) is 13.2. The van der Waals surface area contributed by atoms with Gasteiger partial charge in [0.1, 0.15) is 0 Å². The standard InChI is InChI=1S/C24H20N2Se/c1-17-3-7-19(8-4-17)11-13-21-15-16-22(24-23(21)25-27-26-24)14-12-20-9-5-18(2)6-10-20/h3-16H,1-2H3/b13-11+,14-12+. The van der Waals surface area contributed by atoms with Crippen LogP contribution in [0.1, 0.15) is 33.4 Å². The second-order valence-electron chi connectivity index (χ2n) is 6.69. The molecule has 1 heterocycles. The van der Waals surface area contributed by atoms with Crippen molar-refractivity contribution in [3.05, 3.63) is 94.0 Å². The van der Waals surface area contributed by atoms with E-state index in [1.165, 1.54) is 22.3 Å². The molecular formula is C24H20N2Se. The summed E-state index contributed by atoms with van der Waals surface area (Å²) in [6, 6.07) is 21.3. The summed E-state index contributed by atoms with van der Waals surface area (Å²) in [4.78, 5) is 0. The summed E-state index contributed by atoms with van der Waals surface area (Å²) in [6.07, 6.45) is 8.55. The van der Waals surface area contributed by atoms with Crippen molar-refractivity contribution < 1.29 is 0 Å². The van der Waals surface area contributed by atoms with E-state index in [1.807, 2.05) is 0 Å². The van der Waals surface area contributed by atoms with Crippen molar-refractivity contribution in [1.29, 1.82) is 0 Å². The third-order valence-electron chi connectivity index (χ3n) is 4.54. The van der Waals surface area contributed by atoms with Gasteiger partial charge in [-0.3, -0.25) is 0 Å². The van der Waals surface area contributed by atoms with Crippen molar-refractivity contribution in [2.75, 3.05) is 0 Å². The second-order valence-corrected chi connectivity index (χ2v) is 7.80. The maximum absolute atomic E-state index is 4.66. The fourth-order valence-corrected chi connectivity index (χ4v) is 4.13. The van der Waals surface area contributed by atoms with Gasteiger partial charge in [-0.2, -0.15) is 0 Å². The van der Waals surface area contributed by atoms with Gasteiger partial charge in [0.2, 0.25) is 0 Å². The molecule has 1 aromatic heterocycles. The average Bonchev–Trinajstić information content (AvgIpc) is 3.18. The molecule has 0 aliphatic heterocycles. The van der Waals surface area contributed by atoms with E-state index in [0.717, 1.165) is 22.2 Å². The van der Waals surface area contributed by atoms with Gasteiger partial charge in [-0.15, -0.1) is 0 Å². The van der Waals surface area contributed by atoms with E-state index >= 15 is 0 Å². The van der Waals surface area contributed by atoms with Crippen LogP contribution in [-0.2, 0) is 0 Å². The zero-order chi connectivity index (χ0) is 18.6. The van der Waals surface area contributed by atoms with Crippen LogP contribution < -0.4 is 0 Å². The van der Waals surface area contributed by atoms with E-state index in [-0.39, 0.29) is 15.0 Å². The van der Waals surface area contributed by atoms with E-state index < -0.39 is 0 Å². The minimum absolute atomic E-state index is 0.0530. The van der Waals surface area contributed by atoms with E-state index in [4.69, 9.17) is 0 Å². The van der Waals surface area contributed by atoms with Crippen LogP contribution in [0.3, 0.4) is 0 Å². The summed E-state index contributed by atoms with van der Waals surface area (Å²) in [6.45, 7) is 4.21. The van der Waals surface area contributed by atoms with E-state index in [1.54, 1.807) is 0 Å². The molecule has 2 nitrogen and oxygen atoms in total. The van der Waals surface area contributed by atoms with Crippen LogP contribution in [0.2, 0.25) is 0 Å². The first kappa shape index (κ1) is 17.7.